The number of rotatable bonds is 5. The molecule has 2 fully saturated rings. The summed E-state index contributed by atoms with van der Waals surface area (Å²) in [5.41, 5.74) is 0.0234. The predicted molar refractivity (Wildman–Crippen MR) is 82.8 cm³/mol. The maximum absolute atomic E-state index is 10.2. The van der Waals surface area contributed by atoms with Gasteiger partial charge in [-0.1, -0.05) is 26.2 Å². The Balaban J connectivity index is 1.61. The lowest BCUT2D eigenvalue weighted by Crippen LogP contribution is -2.60. The molecule has 2 aliphatic rings. The first-order chi connectivity index (χ1) is 10.2. The van der Waals surface area contributed by atoms with Crippen molar-refractivity contribution >= 4 is 0 Å². The summed E-state index contributed by atoms with van der Waals surface area (Å²) in [7, 11) is 0. The first kappa shape index (κ1) is 14.7. The molecule has 0 bridgehead atoms. The van der Waals surface area contributed by atoms with Gasteiger partial charge in [-0.2, -0.15) is 0 Å². The average Bonchev–Trinajstić information content (AvgIpc) is 2.54. The Morgan fingerprint density at radius 3 is 2.38 bits per heavy atom. The Hall–Kier alpha value is -1.22. The lowest BCUT2D eigenvalue weighted by molar-refractivity contribution is -0.172. The lowest BCUT2D eigenvalue weighted by Gasteiger charge is -2.55. The van der Waals surface area contributed by atoms with Crippen molar-refractivity contribution in [1.82, 2.24) is 0 Å². The van der Waals surface area contributed by atoms with Gasteiger partial charge in [0.15, 0.2) is 0 Å². The van der Waals surface area contributed by atoms with Crippen LogP contribution in [0.1, 0.15) is 51.9 Å². The first-order valence-corrected chi connectivity index (χ1v) is 8.32. The molecule has 3 nitrogen and oxygen atoms in total. The van der Waals surface area contributed by atoms with E-state index in [0.29, 0.717) is 0 Å². The molecule has 0 radical (unpaired) electrons. The molecule has 1 spiro atoms. The van der Waals surface area contributed by atoms with Crippen molar-refractivity contribution in [3.05, 3.63) is 24.3 Å². The normalized spacial score (nSPS) is 27.1. The SMILES string of the molecule is CCCOc1ccc(OC2CC(O)C23CCCCC3)cc1. The molecule has 0 heterocycles. The smallest absolute Gasteiger partial charge is 0.120 e. The maximum Gasteiger partial charge on any atom is 0.120 e. The van der Waals surface area contributed by atoms with Gasteiger partial charge in [-0.15, -0.1) is 0 Å². The zero-order valence-electron chi connectivity index (χ0n) is 12.9. The highest BCUT2D eigenvalue weighted by atomic mass is 16.5. The molecule has 3 heteroatoms. The molecule has 21 heavy (non-hydrogen) atoms. The Labute approximate surface area is 127 Å². The number of aliphatic hydroxyl groups excluding tert-OH is 1. The molecule has 0 amide bonds. The molecule has 2 aliphatic carbocycles. The molecular formula is C18H26O3. The number of ether oxygens (including phenoxy) is 2. The second-order valence-corrected chi connectivity index (χ2v) is 6.47. The predicted octanol–water partition coefficient (Wildman–Crippen LogP) is 3.94. The molecule has 1 aromatic carbocycles. The lowest BCUT2D eigenvalue weighted by atomic mass is 9.56. The zero-order valence-corrected chi connectivity index (χ0v) is 12.9. The van der Waals surface area contributed by atoms with E-state index in [1.807, 2.05) is 24.3 Å². The highest BCUT2D eigenvalue weighted by Crippen LogP contribution is 2.53. The molecule has 2 unspecified atom stereocenters. The van der Waals surface area contributed by atoms with Gasteiger partial charge in [-0.25, -0.2) is 0 Å². The summed E-state index contributed by atoms with van der Waals surface area (Å²) in [4.78, 5) is 0. The van der Waals surface area contributed by atoms with Crippen molar-refractivity contribution in [2.75, 3.05) is 6.61 Å². The van der Waals surface area contributed by atoms with E-state index in [9.17, 15) is 5.11 Å². The Kier molecular flexibility index (Phi) is 4.39. The second-order valence-electron chi connectivity index (χ2n) is 6.47. The van der Waals surface area contributed by atoms with Crippen LogP contribution in [-0.2, 0) is 0 Å². The Morgan fingerprint density at radius 2 is 1.76 bits per heavy atom. The van der Waals surface area contributed by atoms with Gasteiger partial charge in [0.1, 0.15) is 17.6 Å². The fourth-order valence-electron chi connectivity index (χ4n) is 3.76. The fourth-order valence-corrected chi connectivity index (χ4v) is 3.76. The van der Waals surface area contributed by atoms with Crippen molar-refractivity contribution in [2.24, 2.45) is 5.41 Å². The van der Waals surface area contributed by atoms with E-state index in [4.69, 9.17) is 9.47 Å². The van der Waals surface area contributed by atoms with Crippen molar-refractivity contribution in [3.63, 3.8) is 0 Å². The van der Waals surface area contributed by atoms with Gasteiger partial charge in [-0.05, 0) is 43.5 Å². The molecule has 2 atom stereocenters. The van der Waals surface area contributed by atoms with Crippen LogP contribution < -0.4 is 9.47 Å². The van der Waals surface area contributed by atoms with E-state index in [1.165, 1.54) is 19.3 Å². The van der Waals surface area contributed by atoms with Gasteiger partial charge in [0.2, 0.25) is 0 Å². The zero-order chi connectivity index (χ0) is 14.7. The van der Waals surface area contributed by atoms with E-state index < -0.39 is 0 Å². The van der Waals surface area contributed by atoms with Gasteiger partial charge in [0.05, 0.1) is 12.7 Å². The Morgan fingerprint density at radius 1 is 1.10 bits per heavy atom. The van der Waals surface area contributed by atoms with Gasteiger partial charge in [0.25, 0.3) is 0 Å². The molecule has 1 N–H and O–H groups in total. The molecule has 3 rings (SSSR count). The van der Waals surface area contributed by atoms with Crippen LogP contribution in [0.2, 0.25) is 0 Å². The van der Waals surface area contributed by atoms with E-state index in [-0.39, 0.29) is 17.6 Å². The third-order valence-corrected chi connectivity index (χ3v) is 5.10. The minimum atomic E-state index is -0.171. The molecule has 116 valence electrons. The second kappa shape index (κ2) is 6.27. The van der Waals surface area contributed by atoms with Gasteiger partial charge >= 0.3 is 0 Å². The summed E-state index contributed by atoms with van der Waals surface area (Å²) < 4.78 is 11.7. The highest BCUT2D eigenvalue weighted by molar-refractivity contribution is 5.32. The van der Waals surface area contributed by atoms with Gasteiger partial charge in [-0.3, -0.25) is 0 Å². The minimum Gasteiger partial charge on any atom is -0.494 e. The summed E-state index contributed by atoms with van der Waals surface area (Å²) in [6.45, 7) is 2.85. The van der Waals surface area contributed by atoms with Crippen LogP contribution in [-0.4, -0.2) is 23.9 Å². The van der Waals surface area contributed by atoms with Crippen LogP contribution in [0, 0.1) is 5.41 Å². The largest absolute Gasteiger partial charge is 0.494 e. The number of hydrogen-bond acceptors (Lipinski definition) is 3. The van der Waals surface area contributed by atoms with Gasteiger partial charge in [0, 0.05) is 11.8 Å². The molecule has 2 saturated carbocycles. The third kappa shape index (κ3) is 2.89. The summed E-state index contributed by atoms with van der Waals surface area (Å²) >= 11 is 0. The number of benzene rings is 1. The number of aliphatic hydroxyl groups is 1. The van der Waals surface area contributed by atoms with Crippen LogP contribution in [0.3, 0.4) is 0 Å². The van der Waals surface area contributed by atoms with Crippen LogP contribution in [0.5, 0.6) is 11.5 Å². The molecule has 1 aromatic rings. The van der Waals surface area contributed by atoms with Gasteiger partial charge < -0.3 is 14.6 Å². The molecule has 0 saturated heterocycles. The number of hydrogen-bond donors (Lipinski definition) is 1. The van der Waals surface area contributed by atoms with Crippen LogP contribution in [0.4, 0.5) is 0 Å². The quantitative estimate of drug-likeness (QED) is 0.892. The van der Waals surface area contributed by atoms with Crippen molar-refractivity contribution < 1.29 is 14.6 Å². The molecule has 0 aliphatic heterocycles. The first-order valence-electron chi connectivity index (χ1n) is 8.32. The van der Waals surface area contributed by atoms with Crippen molar-refractivity contribution in [1.29, 1.82) is 0 Å². The van der Waals surface area contributed by atoms with E-state index in [1.54, 1.807) is 0 Å². The van der Waals surface area contributed by atoms with Crippen molar-refractivity contribution in [2.45, 2.75) is 64.1 Å². The van der Waals surface area contributed by atoms with E-state index in [0.717, 1.165) is 43.8 Å². The summed E-state index contributed by atoms with van der Waals surface area (Å²) in [5, 5.41) is 10.2. The Bertz CT molecular complexity index is 448. The van der Waals surface area contributed by atoms with Crippen LogP contribution in [0.25, 0.3) is 0 Å². The molecular weight excluding hydrogens is 264 g/mol. The van der Waals surface area contributed by atoms with Crippen LogP contribution >= 0.6 is 0 Å². The standard InChI is InChI=1S/C18H26O3/c1-2-12-20-14-6-8-15(9-7-14)21-17-13-16(19)18(17)10-4-3-5-11-18/h6-9,16-17,19H,2-5,10-13H2,1H3. The maximum atomic E-state index is 10.2. The monoisotopic (exact) mass is 290 g/mol. The van der Waals surface area contributed by atoms with Crippen LogP contribution in [0.15, 0.2) is 24.3 Å². The highest BCUT2D eigenvalue weighted by Gasteiger charge is 2.56. The summed E-state index contributed by atoms with van der Waals surface area (Å²) in [5.74, 6) is 1.78. The minimum absolute atomic E-state index is 0.0234. The topological polar surface area (TPSA) is 38.7 Å². The summed E-state index contributed by atoms with van der Waals surface area (Å²) in [6.07, 6.45) is 7.75. The molecule has 0 aromatic heterocycles. The third-order valence-electron chi connectivity index (χ3n) is 5.10. The van der Waals surface area contributed by atoms with E-state index in [2.05, 4.69) is 6.92 Å². The fraction of sp³-hybridized carbons (Fsp3) is 0.667. The van der Waals surface area contributed by atoms with Crippen molar-refractivity contribution in [3.8, 4) is 11.5 Å². The average molecular weight is 290 g/mol. The summed E-state index contributed by atoms with van der Waals surface area (Å²) in [6, 6.07) is 7.89. The van der Waals surface area contributed by atoms with E-state index >= 15 is 0 Å².